The molecule has 0 aliphatic rings. The molecule has 0 saturated carbocycles. The van der Waals surface area contributed by atoms with Gasteiger partial charge >= 0.3 is 5.69 Å². The summed E-state index contributed by atoms with van der Waals surface area (Å²) >= 11 is 0. The van der Waals surface area contributed by atoms with Gasteiger partial charge in [0.1, 0.15) is 24.2 Å². The van der Waals surface area contributed by atoms with E-state index < -0.39 is 4.92 Å². The van der Waals surface area contributed by atoms with E-state index in [4.69, 9.17) is 5.26 Å². The summed E-state index contributed by atoms with van der Waals surface area (Å²) in [6.45, 7) is 0. The summed E-state index contributed by atoms with van der Waals surface area (Å²) < 4.78 is 1.45. The first-order valence-electron chi connectivity index (χ1n) is 4.26. The standard InChI is InChI=1S/C9H5N5O2/c10-4-7-2-1-3-13(7)9-11-5-8(6-12-9)14(15)16/h1-3,5-6H. The summed E-state index contributed by atoms with van der Waals surface area (Å²) in [7, 11) is 0. The fraction of sp³-hybridized carbons (Fsp3) is 0. The Hall–Kier alpha value is -2.75. The minimum absolute atomic E-state index is 0.186. The van der Waals surface area contributed by atoms with Gasteiger partial charge in [0.25, 0.3) is 0 Å². The molecule has 0 radical (unpaired) electrons. The Kier molecular flexibility index (Phi) is 2.31. The molecular weight excluding hydrogens is 210 g/mol. The molecule has 0 N–H and O–H groups in total. The van der Waals surface area contributed by atoms with Crippen molar-refractivity contribution in [1.82, 2.24) is 14.5 Å². The minimum Gasteiger partial charge on any atom is -0.276 e. The van der Waals surface area contributed by atoms with Gasteiger partial charge in [0.2, 0.25) is 5.95 Å². The van der Waals surface area contributed by atoms with Gasteiger partial charge in [-0.1, -0.05) is 0 Å². The maximum absolute atomic E-state index is 10.4. The number of nitriles is 1. The molecule has 2 rings (SSSR count). The second kappa shape index (κ2) is 3.78. The Morgan fingerprint density at radius 3 is 2.69 bits per heavy atom. The van der Waals surface area contributed by atoms with E-state index in [0.717, 1.165) is 12.4 Å². The summed E-state index contributed by atoms with van der Waals surface area (Å²) in [6.07, 6.45) is 3.81. The predicted molar refractivity (Wildman–Crippen MR) is 52.7 cm³/mol. The van der Waals surface area contributed by atoms with Crippen molar-refractivity contribution in [2.24, 2.45) is 0 Å². The molecule has 7 nitrogen and oxygen atoms in total. The number of aromatic nitrogens is 3. The molecule has 16 heavy (non-hydrogen) atoms. The number of nitrogens with zero attached hydrogens (tertiary/aromatic N) is 5. The molecule has 0 atom stereocenters. The Labute approximate surface area is 89.8 Å². The van der Waals surface area contributed by atoms with Crippen molar-refractivity contribution in [2.45, 2.75) is 0 Å². The SMILES string of the molecule is N#Cc1cccn1-c1ncc([N+](=O)[O-])cn1. The van der Waals surface area contributed by atoms with Crippen LogP contribution in [0.15, 0.2) is 30.7 Å². The van der Waals surface area contributed by atoms with Crippen LogP contribution in [0.2, 0.25) is 0 Å². The lowest BCUT2D eigenvalue weighted by atomic mass is 10.5. The van der Waals surface area contributed by atoms with Crippen molar-refractivity contribution in [1.29, 1.82) is 5.26 Å². The van der Waals surface area contributed by atoms with E-state index in [1.807, 2.05) is 6.07 Å². The minimum atomic E-state index is -0.579. The largest absolute Gasteiger partial charge is 0.305 e. The van der Waals surface area contributed by atoms with Crippen LogP contribution in [0, 0.1) is 21.4 Å². The molecular formula is C9H5N5O2. The second-order valence-electron chi connectivity index (χ2n) is 2.87. The number of hydrogen-bond donors (Lipinski definition) is 0. The van der Waals surface area contributed by atoms with Crippen molar-refractivity contribution in [3.8, 4) is 12.0 Å². The smallest absolute Gasteiger partial charge is 0.276 e. The third-order valence-corrected chi connectivity index (χ3v) is 1.91. The quantitative estimate of drug-likeness (QED) is 0.550. The van der Waals surface area contributed by atoms with E-state index >= 15 is 0 Å². The Balaban J connectivity index is 2.43. The van der Waals surface area contributed by atoms with Crippen molar-refractivity contribution in [3.63, 3.8) is 0 Å². The molecule has 7 heteroatoms. The zero-order chi connectivity index (χ0) is 11.5. The Morgan fingerprint density at radius 1 is 1.44 bits per heavy atom. The Bertz CT molecular complexity index is 566. The van der Waals surface area contributed by atoms with Gasteiger partial charge in [-0.15, -0.1) is 0 Å². The lowest BCUT2D eigenvalue weighted by molar-refractivity contribution is -0.385. The van der Waals surface area contributed by atoms with E-state index in [-0.39, 0.29) is 11.6 Å². The van der Waals surface area contributed by atoms with Crippen LogP contribution in [0.4, 0.5) is 5.69 Å². The number of rotatable bonds is 2. The van der Waals surface area contributed by atoms with E-state index in [0.29, 0.717) is 5.69 Å². The molecule has 0 amide bonds. The maximum Gasteiger partial charge on any atom is 0.305 e. The molecule has 2 aromatic rings. The predicted octanol–water partition coefficient (Wildman–Crippen LogP) is 1.05. The van der Waals surface area contributed by atoms with E-state index in [2.05, 4.69) is 9.97 Å². The first kappa shape index (κ1) is 9.79. The zero-order valence-corrected chi connectivity index (χ0v) is 7.94. The average molecular weight is 215 g/mol. The van der Waals surface area contributed by atoms with E-state index in [1.165, 1.54) is 4.57 Å². The van der Waals surface area contributed by atoms with Crippen LogP contribution in [0.1, 0.15) is 5.69 Å². The lowest BCUT2D eigenvalue weighted by Gasteiger charge is -2.00. The van der Waals surface area contributed by atoms with Gasteiger partial charge in [0, 0.05) is 6.20 Å². The van der Waals surface area contributed by atoms with E-state index in [1.54, 1.807) is 18.3 Å². The molecule has 2 aromatic heterocycles. The lowest BCUT2D eigenvalue weighted by Crippen LogP contribution is -2.02. The highest BCUT2D eigenvalue weighted by molar-refractivity contribution is 5.32. The molecule has 0 fully saturated rings. The normalized spacial score (nSPS) is 9.69. The highest BCUT2D eigenvalue weighted by Gasteiger charge is 2.09. The summed E-state index contributed by atoms with van der Waals surface area (Å²) in [5.74, 6) is 0.229. The van der Waals surface area contributed by atoms with Crippen LogP contribution < -0.4 is 0 Å². The van der Waals surface area contributed by atoms with Crippen LogP contribution in [-0.4, -0.2) is 19.5 Å². The topological polar surface area (TPSA) is 97.6 Å². The van der Waals surface area contributed by atoms with Crippen LogP contribution in [0.3, 0.4) is 0 Å². The zero-order valence-electron chi connectivity index (χ0n) is 7.94. The first-order valence-corrected chi connectivity index (χ1v) is 4.26. The number of hydrogen-bond acceptors (Lipinski definition) is 5. The highest BCUT2D eigenvalue weighted by atomic mass is 16.6. The van der Waals surface area contributed by atoms with Crippen LogP contribution >= 0.6 is 0 Å². The molecule has 0 saturated heterocycles. The van der Waals surface area contributed by atoms with Gasteiger partial charge in [0.15, 0.2) is 0 Å². The average Bonchev–Trinajstić information content (AvgIpc) is 2.77. The van der Waals surface area contributed by atoms with Crippen LogP contribution in [-0.2, 0) is 0 Å². The molecule has 2 heterocycles. The summed E-state index contributed by atoms with van der Waals surface area (Å²) in [6, 6.07) is 5.23. The third-order valence-electron chi connectivity index (χ3n) is 1.91. The summed E-state index contributed by atoms with van der Waals surface area (Å²) in [4.78, 5) is 17.4. The molecule has 78 valence electrons. The highest BCUT2D eigenvalue weighted by Crippen LogP contribution is 2.10. The second-order valence-corrected chi connectivity index (χ2v) is 2.87. The Morgan fingerprint density at radius 2 is 2.12 bits per heavy atom. The summed E-state index contributed by atoms with van der Waals surface area (Å²) in [5, 5.41) is 19.2. The molecule has 0 aliphatic carbocycles. The first-order chi connectivity index (χ1) is 7.72. The van der Waals surface area contributed by atoms with Crippen molar-refractivity contribution in [2.75, 3.05) is 0 Å². The monoisotopic (exact) mass is 215 g/mol. The molecule has 0 aromatic carbocycles. The van der Waals surface area contributed by atoms with Crippen molar-refractivity contribution >= 4 is 5.69 Å². The van der Waals surface area contributed by atoms with Gasteiger partial charge in [0.05, 0.1) is 4.92 Å². The van der Waals surface area contributed by atoms with Gasteiger partial charge in [-0.25, -0.2) is 9.97 Å². The van der Waals surface area contributed by atoms with Crippen molar-refractivity contribution in [3.05, 3.63) is 46.5 Å². The van der Waals surface area contributed by atoms with Gasteiger partial charge in [-0.3, -0.25) is 14.7 Å². The molecule has 0 bridgehead atoms. The fourth-order valence-electron chi connectivity index (χ4n) is 1.18. The fourth-order valence-corrected chi connectivity index (χ4v) is 1.18. The maximum atomic E-state index is 10.4. The van der Waals surface area contributed by atoms with Crippen LogP contribution in [0.5, 0.6) is 0 Å². The molecule has 0 unspecified atom stereocenters. The van der Waals surface area contributed by atoms with Gasteiger partial charge in [-0.05, 0) is 12.1 Å². The van der Waals surface area contributed by atoms with Crippen LogP contribution in [0.25, 0.3) is 5.95 Å². The molecule has 0 aliphatic heterocycles. The molecule has 0 spiro atoms. The summed E-state index contributed by atoms with van der Waals surface area (Å²) in [5.41, 5.74) is 0.184. The van der Waals surface area contributed by atoms with E-state index in [9.17, 15) is 10.1 Å². The third kappa shape index (κ3) is 1.59. The van der Waals surface area contributed by atoms with Gasteiger partial charge in [-0.2, -0.15) is 5.26 Å². The van der Waals surface area contributed by atoms with Crippen molar-refractivity contribution < 1.29 is 4.92 Å². The number of nitro groups is 1. The van der Waals surface area contributed by atoms with Gasteiger partial charge < -0.3 is 0 Å².